The Morgan fingerprint density at radius 3 is 2.58 bits per heavy atom. The van der Waals surface area contributed by atoms with Crippen molar-refractivity contribution < 1.29 is 4.42 Å². The van der Waals surface area contributed by atoms with Crippen LogP contribution in [0.25, 0.3) is 33.3 Å². The zero-order valence-electron chi connectivity index (χ0n) is 10.1. The van der Waals surface area contributed by atoms with E-state index in [9.17, 15) is 0 Å². The number of hydrogen-bond acceptors (Lipinski definition) is 3. The number of para-hydroxylation sites is 1. The molecule has 0 N–H and O–H groups in total. The van der Waals surface area contributed by atoms with Gasteiger partial charge in [0.2, 0.25) is 0 Å². The number of aromatic nitrogens is 2. The molecule has 0 saturated carbocycles. The van der Waals surface area contributed by atoms with Gasteiger partial charge in [-0.3, -0.25) is 9.97 Å². The number of pyridine rings is 2. The molecule has 0 unspecified atom stereocenters. The summed E-state index contributed by atoms with van der Waals surface area (Å²) < 4.78 is 5.94. The van der Waals surface area contributed by atoms with E-state index in [1.165, 1.54) is 0 Å². The lowest BCUT2D eigenvalue weighted by atomic mass is 10.1. The quantitative estimate of drug-likeness (QED) is 0.508. The van der Waals surface area contributed by atoms with Crippen LogP contribution in [0.1, 0.15) is 0 Å². The van der Waals surface area contributed by atoms with E-state index in [2.05, 4.69) is 9.97 Å². The Labute approximate surface area is 109 Å². The van der Waals surface area contributed by atoms with Crippen LogP contribution < -0.4 is 0 Å². The number of nitrogens with zero attached hydrogens (tertiary/aromatic N) is 2. The first-order chi connectivity index (χ1) is 9.43. The second-order valence-corrected chi connectivity index (χ2v) is 4.35. The molecule has 4 aromatic rings. The number of fused-ring (bicyclic) bond motifs is 3. The summed E-state index contributed by atoms with van der Waals surface area (Å²) >= 11 is 0. The monoisotopic (exact) mass is 246 g/mol. The van der Waals surface area contributed by atoms with Crippen LogP contribution in [0.5, 0.6) is 0 Å². The van der Waals surface area contributed by atoms with Crippen molar-refractivity contribution in [3.63, 3.8) is 0 Å². The average molecular weight is 246 g/mol. The summed E-state index contributed by atoms with van der Waals surface area (Å²) in [6.45, 7) is 0. The predicted molar refractivity (Wildman–Crippen MR) is 74.7 cm³/mol. The second kappa shape index (κ2) is 3.92. The molecule has 1 aromatic carbocycles. The lowest BCUT2D eigenvalue weighted by molar-refractivity contribution is 0.669. The second-order valence-electron chi connectivity index (χ2n) is 4.35. The topological polar surface area (TPSA) is 38.9 Å². The fourth-order valence-corrected chi connectivity index (χ4v) is 2.33. The third-order valence-electron chi connectivity index (χ3n) is 3.20. The fourth-order valence-electron chi connectivity index (χ4n) is 2.33. The summed E-state index contributed by atoms with van der Waals surface area (Å²) in [4.78, 5) is 8.82. The van der Waals surface area contributed by atoms with E-state index in [1.54, 1.807) is 12.4 Å². The molecule has 0 fully saturated rings. The van der Waals surface area contributed by atoms with Crippen molar-refractivity contribution in [1.29, 1.82) is 0 Å². The molecule has 0 bridgehead atoms. The first kappa shape index (κ1) is 10.3. The highest BCUT2D eigenvalue weighted by Gasteiger charge is 2.12. The van der Waals surface area contributed by atoms with E-state index in [1.807, 2.05) is 48.5 Å². The highest BCUT2D eigenvalue weighted by molar-refractivity contribution is 6.06. The highest BCUT2D eigenvalue weighted by Crippen LogP contribution is 2.33. The number of hydrogen-bond donors (Lipinski definition) is 0. The maximum absolute atomic E-state index is 5.94. The van der Waals surface area contributed by atoms with Crippen molar-refractivity contribution in [1.82, 2.24) is 9.97 Å². The minimum absolute atomic E-state index is 0.794. The van der Waals surface area contributed by atoms with Crippen molar-refractivity contribution >= 4 is 22.1 Å². The van der Waals surface area contributed by atoms with Crippen LogP contribution in [0.15, 0.2) is 65.3 Å². The van der Waals surface area contributed by atoms with Crippen LogP contribution in [0.4, 0.5) is 0 Å². The van der Waals surface area contributed by atoms with E-state index in [-0.39, 0.29) is 0 Å². The van der Waals surface area contributed by atoms with Crippen molar-refractivity contribution in [2.24, 2.45) is 0 Å². The number of benzene rings is 1. The first-order valence-electron chi connectivity index (χ1n) is 6.11. The Kier molecular flexibility index (Phi) is 2.12. The molecule has 0 aliphatic carbocycles. The van der Waals surface area contributed by atoms with Crippen LogP contribution >= 0.6 is 0 Å². The van der Waals surface area contributed by atoms with Gasteiger partial charge in [0.1, 0.15) is 11.1 Å². The molecule has 3 nitrogen and oxygen atoms in total. The van der Waals surface area contributed by atoms with Gasteiger partial charge in [-0.15, -0.1) is 0 Å². The Morgan fingerprint density at radius 2 is 1.68 bits per heavy atom. The molecular weight excluding hydrogens is 236 g/mol. The summed E-state index contributed by atoms with van der Waals surface area (Å²) in [7, 11) is 0. The van der Waals surface area contributed by atoms with Crippen LogP contribution in [-0.2, 0) is 0 Å². The van der Waals surface area contributed by atoms with Crippen molar-refractivity contribution in [2.45, 2.75) is 0 Å². The molecule has 0 aliphatic heterocycles. The molecule has 3 aromatic heterocycles. The molecule has 0 amide bonds. The molecule has 90 valence electrons. The van der Waals surface area contributed by atoms with Crippen LogP contribution in [0.2, 0.25) is 0 Å². The number of furan rings is 1. The maximum atomic E-state index is 5.94. The lowest BCUT2D eigenvalue weighted by Gasteiger charge is -2.00. The first-order valence-corrected chi connectivity index (χ1v) is 6.11. The Balaban J connectivity index is 2.13. The van der Waals surface area contributed by atoms with Crippen LogP contribution in [0.3, 0.4) is 0 Å². The van der Waals surface area contributed by atoms with Gasteiger partial charge >= 0.3 is 0 Å². The van der Waals surface area contributed by atoms with Crippen LogP contribution in [0, 0.1) is 0 Å². The smallest absolute Gasteiger partial charge is 0.163 e. The minimum Gasteiger partial charge on any atom is -0.454 e. The van der Waals surface area contributed by atoms with Crippen molar-refractivity contribution in [2.75, 3.05) is 0 Å². The molecular formula is C16H10N2O. The normalized spacial score (nSPS) is 11.2. The van der Waals surface area contributed by atoms with Gasteiger partial charge in [0.25, 0.3) is 0 Å². The summed E-state index contributed by atoms with van der Waals surface area (Å²) in [6.07, 6.45) is 3.58. The minimum atomic E-state index is 0.794. The van der Waals surface area contributed by atoms with Crippen molar-refractivity contribution in [3.05, 3.63) is 60.9 Å². The predicted octanol–water partition coefficient (Wildman–Crippen LogP) is 4.04. The molecule has 0 atom stereocenters. The van der Waals surface area contributed by atoms with Gasteiger partial charge in [-0.1, -0.05) is 18.2 Å². The molecule has 0 spiro atoms. The highest BCUT2D eigenvalue weighted by atomic mass is 16.3. The van der Waals surface area contributed by atoms with Gasteiger partial charge in [0.05, 0.1) is 5.69 Å². The molecule has 0 radical (unpaired) electrons. The van der Waals surface area contributed by atoms with E-state index in [0.29, 0.717) is 0 Å². The SMILES string of the molecule is c1ccc(-c2ccnc3c2oc2ccccc23)nc1. The summed E-state index contributed by atoms with van der Waals surface area (Å²) in [5.74, 6) is 0. The number of rotatable bonds is 1. The Morgan fingerprint density at radius 1 is 0.789 bits per heavy atom. The van der Waals surface area contributed by atoms with Gasteiger partial charge in [0.15, 0.2) is 5.58 Å². The molecule has 3 heterocycles. The van der Waals surface area contributed by atoms with Crippen molar-refractivity contribution in [3.8, 4) is 11.3 Å². The maximum Gasteiger partial charge on any atom is 0.163 e. The summed E-state index contributed by atoms with van der Waals surface area (Å²) in [6, 6.07) is 15.7. The average Bonchev–Trinajstić information content (AvgIpc) is 2.87. The van der Waals surface area contributed by atoms with Gasteiger partial charge in [0, 0.05) is 23.3 Å². The standard InChI is InChI=1S/C16H10N2O/c1-2-7-14-12(5-1)15-16(19-14)11(8-10-18-15)13-6-3-4-9-17-13/h1-10H. The Bertz CT molecular complexity index is 866. The molecule has 0 saturated heterocycles. The summed E-state index contributed by atoms with van der Waals surface area (Å²) in [5.41, 5.74) is 4.41. The molecule has 19 heavy (non-hydrogen) atoms. The lowest BCUT2D eigenvalue weighted by Crippen LogP contribution is -1.83. The van der Waals surface area contributed by atoms with Crippen LogP contribution in [-0.4, -0.2) is 9.97 Å². The van der Waals surface area contributed by atoms with Gasteiger partial charge in [-0.05, 0) is 30.3 Å². The largest absolute Gasteiger partial charge is 0.454 e. The van der Waals surface area contributed by atoms with E-state index in [4.69, 9.17) is 4.42 Å². The van der Waals surface area contributed by atoms with Gasteiger partial charge in [-0.2, -0.15) is 0 Å². The third-order valence-corrected chi connectivity index (χ3v) is 3.20. The summed E-state index contributed by atoms with van der Waals surface area (Å²) in [5, 5.41) is 1.04. The molecule has 0 aliphatic rings. The Hall–Kier alpha value is -2.68. The zero-order valence-corrected chi connectivity index (χ0v) is 10.1. The van der Waals surface area contributed by atoms with E-state index in [0.717, 1.165) is 33.3 Å². The van der Waals surface area contributed by atoms with Gasteiger partial charge < -0.3 is 4.42 Å². The van der Waals surface area contributed by atoms with Gasteiger partial charge in [-0.25, -0.2) is 0 Å². The molecule has 3 heteroatoms. The zero-order chi connectivity index (χ0) is 12.7. The van der Waals surface area contributed by atoms with E-state index >= 15 is 0 Å². The fraction of sp³-hybridized carbons (Fsp3) is 0. The van der Waals surface area contributed by atoms with E-state index < -0.39 is 0 Å². The third kappa shape index (κ3) is 1.52. The molecule has 4 rings (SSSR count).